The Morgan fingerprint density at radius 2 is 2.29 bits per heavy atom. The maximum Gasteiger partial charge on any atom is 0.241 e. The van der Waals surface area contributed by atoms with E-state index < -0.39 is 6.04 Å². The number of pyridine rings is 1. The lowest BCUT2D eigenvalue weighted by Crippen LogP contribution is -2.36. The average molecular weight is 237 g/mol. The van der Waals surface area contributed by atoms with Crippen molar-refractivity contribution in [1.29, 1.82) is 0 Å². The molecule has 1 heterocycles. The summed E-state index contributed by atoms with van der Waals surface area (Å²) in [4.78, 5) is 15.8. The lowest BCUT2D eigenvalue weighted by Gasteiger charge is -2.15. The summed E-state index contributed by atoms with van der Waals surface area (Å²) in [5, 5.41) is 2.72. The van der Waals surface area contributed by atoms with E-state index in [2.05, 4.69) is 10.3 Å². The van der Waals surface area contributed by atoms with Crippen LogP contribution < -0.4 is 15.8 Å². The molecule has 5 heteroatoms. The van der Waals surface area contributed by atoms with Crippen LogP contribution >= 0.6 is 0 Å². The van der Waals surface area contributed by atoms with E-state index in [0.29, 0.717) is 23.9 Å². The van der Waals surface area contributed by atoms with Crippen molar-refractivity contribution in [2.45, 2.75) is 26.3 Å². The Kier molecular flexibility index (Phi) is 4.90. The largest absolute Gasteiger partial charge is 0.480 e. The lowest BCUT2D eigenvalue weighted by molar-refractivity contribution is -0.117. The summed E-state index contributed by atoms with van der Waals surface area (Å²) in [5.74, 6) is 0.550. The van der Waals surface area contributed by atoms with Crippen LogP contribution in [-0.2, 0) is 4.79 Å². The molecule has 1 aromatic heterocycles. The van der Waals surface area contributed by atoms with Crippen molar-refractivity contribution in [2.24, 2.45) is 11.7 Å². The number of nitrogens with zero attached hydrogens (tertiary/aromatic N) is 1. The molecule has 94 valence electrons. The fraction of sp³-hybridized carbons (Fsp3) is 0.500. The van der Waals surface area contributed by atoms with Crippen molar-refractivity contribution in [1.82, 2.24) is 4.98 Å². The monoisotopic (exact) mass is 237 g/mol. The molecule has 1 atom stereocenters. The van der Waals surface area contributed by atoms with E-state index in [0.717, 1.165) is 0 Å². The highest BCUT2D eigenvalue weighted by molar-refractivity contribution is 5.95. The number of hydrogen-bond acceptors (Lipinski definition) is 4. The van der Waals surface area contributed by atoms with Gasteiger partial charge in [0.2, 0.25) is 11.8 Å². The number of ether oxygens (including phenoxy) is 1. The van der Waals surface area contributed by atoms with Gasteiger partial charge in [0.1, 0.15) is 5.69 Å². The Morgan fingerprint density at radius 3 is 2.88 bits per heavy atom. The molecule has 0 aliphatic rings. The zero-order chi connectivity index (χ0) is 12.8. The highest BCUT2D eigenvalue weighted by Gasteiger charge is 2.16. The van der Waals surface area contributed by atoms with Gasteiger partial charge in [-0.3, -0.25) is 4.79 Å². The van der Waals surface area contributed by atoms with Crippen LogP contribution in [0, 0.1) is 5.92 Å². The van der Waals surface area contributed by atoms with Crippen LogP contribution in [0.3, 0.4) is 0 Å². The van der Waals surface area contributed by atoms with Gasteiger partial charge in [0.15, 0.2) is 0 Å². The zero-order valence-electron chi connectivity index (χ0n) is 10.4. The number of carbonyl (C=O) groups excluding carboxylic acids is 1. The van der Waals surface area contributed by atoms with Crippen molar-refractivity contribution in [3.05, 3.63) is 18.3 Å². The fourth-order valence-corrected chi connectivity index (χ4v) is 1.49. The molecule has 0 spiro atoms. The second-order valence-electron chi connectivity index (χ2n) is 4.29. The summed E-state index contributed by atoms with van der Waals surface area (Å²) < 4.78 is 5.04. The molecule has 17 heavy (non-hydrogen) atoms. The van der Waals surface area contributed by atoms with E-state index in [9.17, 15) is 4.79 Å². The van der Waals surface area contributed by atoms with Crippen molar-refractivity contribution < 1.29 is 9.53 Å². The van der Waals surface area contributed by atoms with Crippen LogP contribution in [0.15, 0.2) is 18.3 Å². The summed E-state index contributed by atoms with van der Waals surface area (Å²) in [6, 6.07) is 2.94. The third kappa shape index (κ3) is 4.03. The molecule has 1 aromatic rings. The number of hydrogen-bond donors (Lipinski definition) is 2. The van der Waals surface area contributed by atoms with Crippen molar-refractivity contribution >= 4 is 11.6 Å². The van der Waals surface area contributed by atoms with Gasteiger partial charge < -0.3 is 15.8 Å². The van der Waals surface area contributed by atoms with Crippen LogP contribution in [0.2, 0.25) is 0 Å². The number of nitrogens with two attached hydrogens (primary N) is 1. The third-order valence-electron chi connectivity index (χ3n) is 2.28. The first-order chi connectivity index (χ1) is 8.04. The molecule has 0 fully saturated rings. The number of anilines is 1. The topological polar surface area (TPSA) is 77.2 Å². The minimum Gasteiger partial charge on any atom is -0.480 e. The Bertz CT molecular complexity index is 380. The van der Waals surface area contributed by atoms with Crippen LogP contribution in [0.4, 0.5) is 5.69 Å². The molecule has 0 saturated carbocycles. The van der Waals surface area contributed by atoms with Crippen molar-refractivity contribution in [2.75, 3.05) is 12.4 Å². The minimum atomic E-state index is -0.514. The first-order valence-corrected chi connectivity index (χ1v) is 5.60. The summed E-state index contributed by atoms with van der Waals surface area (Å²) in [6.07, 6.45) is 2.25. The van der Waals surface area contributed by atoms with Gasteiger partial charge in [-0.05, 0) is 24.5 Å². The van der Waals surface area contributed by atoms with Crippen LogP contribution in [0.5, 0.6) is 5.88 Å². The predicted molar refractivity (Wildman–Crippen MR) is 66.8 cm³/mol. The van der Waals surface area contributed by atoms with Crippen molar-refractivity contribution in [3.63, 3.8) is 0 Å². The predicted octanol–water partition coefficient (Wildman–Crippen LogP) is 1.40. The average Bonchev–Trinajstić information content (AvgIpc) is 2.28. The molecule has 0 aromatic carbocycles. The first kappa shape index (κ1) is 13.4. The molecule has 0 saturated heterocycles. The maximum atomic E-state index is 11.8. The van der Waals surface area contributed by atoms with Gasteiger partial charge in [-0.25, -0.2) is 4.98 Å². The van der Waals surface area contributed by atoms with E-state index in [4.69, 9.17) is 10.5 Å². The molecule has 0 bridgehead atoms. The molecule has 0 radical (unpaired) electrons. The molecule has 1 amide bonds. The lowest BCUT2D eigenvalue weighted by atomic mass is 10.0. The van der Waals surface area contributed by atoms with Crippen LogP contribution in [0.1, 0.15) is 20.3 Å². The zero-order valence-corrected chi connectivity index (χ0v) is 10.4. The van der Waals surface area contributed by atoms with E-state index in [1.165, 1.54) is 7.11 Å². The third-order valence-corrected chi connectivity index (χ3v) is 2.28. The Labute approximate surface area is 101 Å². The smallest absolute Gasteiger partial charge is 0.241 e. The normalized spacial score (nSPS) is 12.3. The molecule has 1 unspecified atom stereocenters. The summed E-state index contributed by atoms with van der Waals surface area (Å²) in [7, 11) is 1.51. The molecule has 5 nitrogen and oxygen atoms in total. The number of amides is 1. The second kappa shape index (κ2) is 6.20. The van der Waals surface area contributed by atoms with Crippen LogP contribution in [-0.4, -0.2) is 24.0 Å². The minimum absolute atomic E-state index is 0.218. The maximum absolute atomic E-state index is 11.8. The molecule has 0 aliphatic carbocycles. The summed E-state index contributed by atoms with van der Waals surface area (Å²) in [6.45, 7) is 4.05. The Morgan fingerprint density at radius 1 is 1.59 bits per heavy atom. The number of rotatable bonds is 5. The van der Waals surface area contributed by atoms with Gasteiger partial charge in [0, 0.05) is 6.20 Å². The van der Waals surface area contributed by atoms with Gasteiger partial charge in [0.05, 0.1) is 13.2 Å². The summed E-state index contributed by atoms with van der Waals surface area (Å²) >= 11 is 0. The number of methoxy groups -OCH3 is 1. The number of aromatic nitrogens is 1. The van der Waals surface area contributed by atoms with Gasteiger partial charge in [-0.1, -0.05) is 13.8 Å². The number of nitrogens with one attached hydrogen (secondary N) is 1. The molecule has 3 N–H and O–H groups in total. The van der Waals surface area contributed by atoms with Crippen LogP contribution in [0.25, 0.3) is 0 Å². The van der Waals surface area contributed by atoms with E-state index in [-0.39, 0.29) is 5.91 Å². The van der Waals surface area contributed by atoms with Gasteiger partial charge >= 0.3 is 0 Å². The van der Waals surface area contributed by atoms with Gasteiger partial charge in [-0.15, -0.1) is 0 Å². The molecular formula is C12H19N3O2. The van der Waals surface area contributed by atoms with E-state index in [1.54, 1.807) is 18.3 Å². The quantitative estimate of drug-likeness (QED) is 0.811. The summed E-state index contributed by atoms with van der Waals surface area (Å²) in [5.41, 5.74) is 6.33. The van der Waals surface area contributed by atoms with Gasteiger partial charge in [-0.2, -0.15) is 0 Å². The standard InChI is InChI=1S/C12H19N3O2/c1-8(2)7-9(13)11(16)15-10-5-4-6-14-12(10)17-3/h4-6,8-9H,7,13H2,1-3H3,(H,15,16). The molecule has 0 aliphatic heterocycles. The molecular weight excluding hydrogens is 218 g/mol. The highest BCUT2D eigenvalue weighted by Crippen LogP contribution is 2.20. The van der Waals surface area contributed by atoms with E-state index >= 15 is 0 Å². The van der Waals surface area contributed by atoms with Crippen molar-refractivity contribution in [3.8, 4) is 5.88 Å². The molecule has 1 rings (SSSR count). The Hall–Kier alpha value is -1.62. The first-order valence-electron chi connectivity index (χ1n) is 5.60. The Balaban J connectivity index is 2.67. The number of carbonyl (C=O) groups is 1. The second-order valence-corrected chi connectivity index (χ2v) is 4.29. The van der Waals surface area contributed by atoms with Gasteiger partial charge in [0.25, 0.3) is 0 Å². The SMILES string of the molecule is COc1ncccc1NC(=O)C(N)CC(C)C. The highest BCUT2D eigenvalue weighted by atomic mass is 16.5. The van der Waals surface area contributed by atoms with E-state index in [1.807, 2.05) is 13.8 Å². The fourth-order valence-electron chi connectivity index (χ4n) is 1.49.